The lowest BCUT2D eigenvalue weighted by molar-refractivity contribution is -0.134. The summed E-state index contributed by atoms with van der Waals surface area (Å²) in [7, 11) is 1.71. The Morgan fingerprint density at radius 1 is 1.11 bits per heavy atom. The molecular formula is C28H39N5O5. The molecule has 10 nitrogen and oxygen atoms in total. The van der Waals surface area contributed by atoms with Crippen LogP contribution in [0.3, 0.4) is 0 Å². The second-order valence-electron chi connectivity index (χ2n) is 10.1. The first-order valence-corrected chi connectivity index (χ1v) is 12.9. The van der Waals surface area contributed by atoms with Gasteiger partial charge in [0, 0.05) is 42.5 Å². The predicted molar refractivity (Wildman–Crippen MR) is 147 cm³/mol. The standard InChI is InChI=1S/C28H39N5O5/c1-18(2)29-28(37)32(5)16-25-19(3)15-33(20(4)17-34)26(35)14-21-13-23(11-12-24(21)38-25)31-27(36)30-22-9-7-6-8-10-22/h6-13,18-20,25,34H,14-17H2,1-5H3,(H,29,37)(H2,30,31,36)/t19-,20+,25+/m1/s1. The van der Waals surface area contributed by atoms with E-state index in [0.29, 0.717) is 35.8 Å². The van der Waals surface area contributed by atoms with Crippen molar-refractivity contribution in [1.29, 1.82) is 0 Å². The number of hydrogen-bond acceptors (Lipinski definition) is 5. The molecule has 10 heteroatoms. The number of carbonyl (C=O) groups excluding carboxylic acids is 3. The van der Waals surface area contributed by atoms with Crippen molar-refractivity contribution in [2.24, 2.45) is 5.92 Å². The van der Waals surface area contributed by atoms with E-state index in [1.54, 1.807) is 54.1 Å². The van der Waals surface area contributed by atoms with E-state index in [4.69, 9.17) is 4.74 Å². The normalized spacial score (nSPS) is 18.3. The first kappa shape index (κ1) is 28.8. The van der Waals surface area contributed by atoms with Gasteiger partial charge in [-0.15, -0.1) is 0 Å². The summed E-state index contributed by atoms with van der Waals surface area (Å²) in [6.45, 7) is 8.05. The van der Waals surface area contributed by atoms with E-state index in [9.17, 15) is 19.5 Å². The van der Waals surface area contributed by atoms with Gasteiger partial charge < -0.3 is 35.6 Å². The molecule has 0 saturated heterocycles. The van der Waals surface area contributed by atoms with Gasteiger partial charge in [-0.1, -0.05) is 25.1 Å². The number of aliphatic hydroxyl groups is 1. The zero-order valence-corrected chi connectivity index (χ0v) is 22.7. The smallest absolute Gasteiger partial charge is 0.323 e. The molecule has 0 radical (unpaired) electrons. The zero-order valence-electron chi connectivity index (χ0n) is 22.7. The van der Waals surface area contributed by atoms with Gasteiger partial charge in [-0.25, -0.2) is 9.59 Å². The number of nitrogens with zero attached hydrogens (tertiary/aromatic N) is 2. The topological polar surface area (TPSA) is 123 Å². The lowest BCUT2D eigenvalue weighted by Crippen LogP contribution is -2.49. The minimum atomic E-state index is -0.420. The van der Waals surface area contributed by atoms with E-state index in [-0.39, 0.29) is 43.0 Å². The Balaban J connectivity index is 1.87. The molecule has 2 aromatic rings. The molecule has 0 aromatic heterocycles. The molecule has 0 saturated carbocycles. The van der Waals surface area contributed by atoms with Crippen molar-refractivity contribution in [3.63, 3.8) is 0 Å². The number of amides is 5. The average Bonchev–Trinajstić information content (AvgIpc) is 2.91. The molecule has 0 spiro atoms. The Labute approximate surface area is 224 Å². The van der Waals surface area contributed by atoms with Crippen LogP contribution in [0.1, 0.15) is 33.3 Å². The summed E-state index contributed by atoms with van der Waals surface area (Å²) >= 11 is 0. The Hall–Kier alpha value is -3.79. The molecule has 0 unspecified atom stereocenters. The van der Waals surface area contributed by atoms with Gasteiger partial charge in [0.05, 0.1) is 25.6 Å². The third-order valence-corrected chi connectivity index (χ3v) is 6.42. The lowest BCUT2D eigenvalue weighted by Gasteiger charge is -2.34. The molecule has 0 fully saturated rings. The second kappa shape index (κ2) is 13.1. The number of para-hydroxylation sites is 1. The molecule has 0 bridgehead atoms. The number of nitrogens with one attached hydrogen (secondary N) is 3. The maximum atomic E-state index is 13.3. The van der Waals surface area contributed by atoms with Crippen molar-refractivity contribution in [2.75, 3.05) is 37.4 Å². The highest BCUT2D eigenvalue weighted by Crippen LogP contribution is 2.29. The van der Waals surface area contributed by atoms with Crippen LogP contribution in [-0.2, 0) is 11.2 Å². The number of carbonyl (C=O) groups is 3. The number of fused-ring (bicyclic) bond motifs is 1. The third-order valence-electron chi connectivity index (χ3n) is 6.42. The van der Waals surface area contributed by atoms with Crippen molar-refractivity contribution >= 4 is 29.3 Å². The van der Waals surface area contributed by atoms with E-state index in [0.717, 1.165) is 0 Å². The van der Waals surface area contributed by atoms with Gasteiger partial charge in [0.25, 0.3) is 0 Å². The molecule has 0 aliphatic carbocycles. The van der Waals surface area contributed by atoms with Crippen LogP contribution in [0, 0.1) is 5.92 Å². The summed E-state index contributed by atoms with van der Waals surface area (Å²) in [5, 5.41) is 18.3. The monoisotopic (exact) mass is 525 g/mol. The van der Waals surface area contributed by atoms with E-state index in [2.05, 4.69) is 16.0 Å². The number of urea groups is 2. The van der Waals surface area contributed by atoms with Gasteiger partial charge in [0.15, 0.2) is 0 Å². The molecule has 1 aliphatic heterocycles. The van der Waals surface area contributed by atoms with Crippen molar-refractivity contribution in [3.8, 4) is 5.75 Å². The van der Waals surface area contributed by atoms with Crippen LogP contribution in [0.25, 0.3) is 0 Å². The fraction of sp³-hybridized carbons (Fsp3) is 0.464. The van der Waals surface area contributed by atoms with E-state index in [1.807, 2.05) is 39.0 Å². The van der Waals surface area contributed by atoms with E-state index < -0.39 is 12.1 Å². The van der Waals surface area contributed by atoms with Crippen LogP contribution in [0.2, 0.25) is 0 Å². The van der Waals surface area contributed by atoms with Crippen LogP contribution >= 0.6 is 0 Å². The van der Waals surface area contributed by atoms with Crippen LogP contribution in [-0.4, -0.2) is 77.8 Å². The van der Waals surface area contributed by atoms with Crippen molar-refractivity contribution in [3.05, 3.63) is 54.1 Å². The summed E-state index contributed by atoms with van der Waals surface area (Å²) in [6, 6.07) is 13.3. The quantitative estimate of drug-likeness (QED) is 0.440. The van der Waals surface area contributed by atoms with Crippen molar-refractivity contribution < 1.29 is 24.2 Å². The maximum Gasteiger partial charge on any atom is 0.323 e. The first-order valence-electron chi connectivity index (χ1n) is 12.9. The Morgan fingerprint density at radius 3 is 2.45 bits per heavy atom. The minimum absolute atomic E-state index is 0.00641. The maximum absolute atomic E-state index is 13.3. The van der Waals surface area contributed by atoms with Gasteiger partial charge in [0.2, 0.25) is 5.91 Å². The number of aliphatic hydroxyl groups excluding tert-OH is 1. The fourth-order valence-electron chi connectivity index (χ4n) is 4.25. The number of benzene rings is 2. The molecule has 38 heavy (non-hydrogen) atoms. The van der Waals surface area contributed by atoms with Crippen LogP contribution < -0.4 is 20.7 Å². The van der Waals surface area contributed by atoms with E-state index >= 15 is 0 Å². The Kier molecular flexibility index (Phi) is 9.95. The Morgan fingerprint density at radius 2 is 1.79 bits per heavy atom. The molecular weight excluding hydrogens is 486 g/mol. The number of rotatable bonds is 7. The first-order chi connectivity index (χ1) is 18.1. The van der Waals surface area contributed by atoms with Gasteiger partial charge in [-0.2, -0.15) is 0 Å². The highest BCUT2D eigenvalue weighted by molar-refractivity contribution is 5.99. The summed E-state index contributed by atoms with van der Waals surface area (Å²) in [4.78, 5) is 41.7. The molecule has 3 atom stereocenters. The molecule has 206 valence electrons. The molecule has 3 rings (SSSR count). The van der Waals surface area contributed by atoms with Crippen molar-refractivity contribution in [1.82, 2.24) is 15.1 Å². The van der Waals surface area contributed by atoms with Crippen LogP contribution in [0.15, 0.2) is 48.5 Å². The average molecular weight is 526 g/mol. The molecule has 5 amide bonds. The summed E-state index contributed by atoms with van der Waals surface area (Å²) in [6.07, 6.45) is -0.380. The number of anilines is 2. The predicted octanol–water partition coefficient (Wildman–Crippen LogP) is 3.53. The highest BCUT2D eigenvalue weighted by Gasteiger charge is 2.32. The fourth-order valence-corrected chi connectivity index (χ4v) is 4.25. The SMILES string of the molecule is CC(C)NC(=O)N(C)C[C@@H]1Oc2ccc(NC(=O)Nc3ccccc3)cc2CC(=O)N([C@@H](C)CO)C[C@H]1C. The summed E-state index contributed by atoms with van der Waals surface area (Å²) in [5.74, 6) is 0.226. The zero-order chi connectivity index (χ0) is 27.8. The third kappa shape index (κ3) is 7.85. The number of hydrogen-bond donors (Lipinski definition) is 4. The highest BCUT2D eigenvalue weighted by atomic mass is 16.5. The number of likely N-dealkylation sites (N-methyl/N-ethyl adjacent to an activating group) is 1. The molecule has 2 aromatic carbocycles. The van der Waals surface area contributed by atoms with Crippen LogP contribution in [0.5, 0.6) is 5.75 Å². The largest absolute Gasteiger partial charge is 0.488 e. The lowest BCUT2D eigenvalue weighted by atomic mass is 10.0. The molecule has 4 N–H and O–H groups in total. The summed E-state index contributed by atoms with van der Waals surface area (Å²) in [5.41, 5.74) is 1.77. The van der Waals surface area contributed by atoms with Gasteiger partial charge >= 0.3 is 12.1 Å². The van der Waals surface area contributed by atoms with Crippen molar-refractivity contribution in [2.45, 2.75) is 52.3 Å². The minimum Gasteiger partial charge on any atom is -0.488 e. The second-order valence-corrected chi connectivity index (χ2v) is 10.1. The molecule has 1 aliphatic rings. The Bertz CT molecular complexity index is 1110. The van der Waals surface area contributed by atoms with Crippen LogP contribution in [0.4, 0.5) is 21.0 Å². The van der Waals surface area contributed by atoms with Gasteiger partial charge in [0.1, 0.15) is 11.9 Å². The van der Waals surface area contributed by atoms with Gasteiger partial charge in [-0.05, 0) is 51.1 Å². The van der Waals surface area contributed by atoms with E-state index in [1.165, 1.54) is 0 Å². The molecule has 1 heterocycles. The summed E-state index contributed by atoms with van der Waals surface area (Å²) < 4.78 is 6.43. The van der Waals surface area contributed by atoms with Gasteiger partial charge in [-0.3, -0.25) is 4.79 Å². The number of ether oxygens (including phenoxy) is 1.